The molecule has 0 aliphatic heterocycles. The molecule has 0 bridgehead atoms. The van der Waals surface area contributed by atoms with Gasteiger partial charge in [-0.05, 0) is 24.5 Å². The van der Waals surface area contributed by atoms with E-state index in [0.717, 1.165) is 5.56 Å². The first-order chi connectivity index (χ1) is 18.2. The highest BCUT2D eigenvalue weighted by Gasteiger charge is 2.21. The Labute approximate surface area is 221 Å². The normalized spacial score (nSPS) is 12.1. The van der Waals surface area contributed by atoms with Crippen molar-refractivity contribution in [2.45, 2.75) is 59.5 Å². The van der Waals surface area contributed by atoms with Gasteiger partial charge in [-0.3, -0.25) is 9.59 Å². The second-order valence-corrected chi connectivity index (χ2v) is 8.62. The molecule has 0 fully saturated rings. The van der Waals surface area contributed by atoms with E-state index >= 15 is 0 Å². The van der Waals surface area contributed by atoms with Gasteiger partial charge in [-0.15, -0.1) is 0 Å². The number of nitrogens with zero attached hydrogens (tertiary/aromatic N) is 2. The fraction of sp³-hybridized carbons (Fsp3) is 0.444. The molecule has 2 unspecified atom stereocenters. The molecule has 11 heteroatoms. The lowest BCUT2D eigenvalue weighted by Crippen LogP contribution is -2.31. The Hall–Kier alpha value is -4.15. The number of carbonyl (C=O) groups excluding carboxylic acids is 4. The maximum Gasteiger partial charge on any atom is 0.509 e. The number of carbonyl (C=O) groups is 4. The molecule has 38 heavy (non-hydrogen) atoms. The van der Waals surface area contributed by atoms with Crippen LogP contribution < -0.4 is 0 Å². The van der Waals surface area contributed by atoms with Crippen molar-refractivity contribution in [3.8, 4) is 0 Å². The van der Waals surface area contributed by atoms with Crippen LogP contribution >= 0.6 is 0 Å². The number of aryl methyl sites for hydroxylation is 1. The zero-order chi connectivity index (χ0) is 27.9. The Kier molecular flexibility index (Phi) is 12.5. The summed E-state index contributed by atoms with van der Waals surface area (Å²) in [7, 11) is 0. The van der Waals surface area contributed by atoms with Gasteiger partial charge in [0.15, 0.2) is 6.10 Å². The molecule has 11 nitrogen and oxygen atoms in total. The minimum atomic E-state index is -1.08. The Morgan fingerprint density at radius 1 is 0.974 bits per heavy atom. The van der Waals surface area contributed by atoms with Gasteiger partial charge in [-0.25, -0.2) is 14.6 Å². The van der Waals surface area contributed by atoms with E-state index in [-0.39, 0.29) is 50.3 Å². The highest BCUT2D eigenvalue weighted by molar-refractivity contribution is 5.86. The maximum absolute atomic E-state index is 12.3. The van der Waals surface area contributed by atoms with Crippen LogP contribution in [0.3, 0.4) is 0 Å². The highest BCUT2D eigenvalue weighted by Crippen LogP contribution is 2.11. The maximum atomic E-state index is 12.3. The molecular formula is C27H34N2O9. The summed E-state index contributed by atoms with van der Waals surface area (Å²) in [5.41, 5.74) is 1.64. The molecule has 2 rings (SSSR count). The number of esters is 3. The Bertz CT molecular complexity index is 1060. The van der Waals surface area contributed by atoms with Gasteiger partial charge in [0.2, 0.25) is 0 Å². The third-order valence-electron chi connectivity index (χ3n) is 5.35. The smallest absolute Gasteiger partial charge is 0.462 e. The highest BCUT2D eigenvalue weighted by atomic mass is 16.7. The van der Waals surface area contributed by atoms with Gasteiger partial charge in [0.1, 0.15) is 26.4 Å². The largest absolute Gasteiger partial charge is 0.509 e. The molecule has 1 aromatic carbocycles. The van der Waals surface area contributed by atoms with Gasteiger partial charge < -0.3 is 28.3 Å². The summed E-state index contributed by atoms with van der Waals surface area (Å²) in [4.78, 5) is 51.8. The third kappa shape index (κ3) is 11.3. The van der Waals surface area contributed by atoms with Crippen LogP contribution in [0.1, 0.15) is 44.7 Å². The van der Waals surface area contributed by atoms with Gasteiger partial charge in [-0.2, -0.15) is 0 Å². The van der Waals surface area contributed by atoms with E-state index in [9.17, 15) is 19.2 Å². The topological polar surface area (TPSA) is 132 Å². The summed E-state index contributed by atoms with van der Waals surface area (Å²) in [5, 5.41) is 0. The quantitative estimate of drug-likeness (QED) is 0.190. The van der Waals surface area contributed by atoms with Gasteiger partial charge in [-0.1, -0.05) is 44.7 Å². The first kappa shape index (κ1) is 30.1. The molecule has 0 aliphatic rings. The molecule has 0 saturated heterocycles. The molecule has 0 aliphatic carbocycles. The lowest BCUT2D eigenvalue weighted by molar-refractivity contribution is -0.152. The zero-order valence-electron chi connectivity index (χ0n) is 21.9. The molecule has 0 spiro atoms. The molecule has 206 valence electrons. The fourth-order valence-corrected chi connectivity index (χ4v) is 2.81. The third-order valence-corrected chi connectivity index (χ3v) is 5.35. The van der Waals surface area contributed by atoms with Gasteiger partial charge in [0.25, 0.3) is 0 Å². The first-order valence-electron chi connectivity index (χ1n) is 12.2. The number of imidazole rings is 1. The summed E-state index contributed by atoms with van der Waals surface area (Å²) >= 11 is 0. The van der Waals surface area contributed by atoms with Crippen LogP contribution in [0.15, 0.2) is 55.1 Å². The van der Waals surface area contributed by atoms with E-state index in [2.05, 4.69) is 11.6 Å². The van der Waals surface area contributed by atoms with Crippen molar-refractivity contribution in [2.75, 3.05) is 13.2 Å². The average molecular weight is 531 g/mol. The van der Waals surface area contributed by atoms with Crippen LogP contribution in [0.5, 0.6) is 0 Å². The Morgan fingerprint density at radius 2 is 1.61 bits per heavy atom. The van der Waals surface area contributed by atoms with E-state index in [1.165, 1.54) is 6.92 Å². The number of hydrogen-bond acceptors (Lipinski definition) is 10. The van der Waals surface area contributed by atoms with Crippen molar-refractivity contribution in [1.82, 2.24) is 9.55 Å². The van der Waals surface area contributed by atoms with Crippen LogP contribution in [0.2, 0.25) is 0 Å². The first-order valence-corrected chi connectivity index (χ1v) is 12.2. The summed E-state index contributed by atoms with van der Waals surface area (Å²) < 4.78 is 27.6. The monoisotopic (exact) mass is 530 g/mol. The van der Waals surface area contributed by atoms with Crippen LogP contribution in [0, 0.1) is 5.92 Å². The van der Waals surface area contributed by atoms with E-state index in [4.69, 9.17) is 23.7 Å². The summed E-state index contributed by atoms with van der Waals surface area (Å²) in [6.07, 6.45) is 3.55. The van der Waals surface area contributed by atoms with E-state index in [1.54, 1.807) is 47.6 Å². The van der Waals surface area contributed by atoms with E-state index in [0.29, 0.717) is 18.5 Å². The minimum Gasteiger partial charge on any atom is -0.462 e. The number of benzene rings is 1. The van der Waals surface area contributed by atoms with E-state index in [1.807, 2.05) is 13.8 Å². The Morgan fingerprint density at radius 3 is 2.18 bits per heavy atom. The number of ether oxygens (including phenoxy) is 5. The van der Waals surface area contributed by atoms with Crippen molar-refractivity contribution in [2.24, 2.45) is 5.92 Å². The second kappa shape index (κ2) is 15.9. The molecule has 2 atom stereocenters. The summed E-state index contributed by atoms with van der Waals surface area (Å²) in [6, 6.07) is 6.98. The molecule has 0 N–H and O–H groups in total. The predicted molar refractivity (Wildman–Crippen MR) is 134 cm³/mol. The summed E-state index contributed by atoms with van der Waals surface area (Å²) in [5.74, 6) is -1.61. The van der Waals surface area contributed by atoms with Gasteiger partial charge >= 0.3 is 24.1 Å². The number of rotatable bonds is 15. The van der Waals surface area contributed by atoms with Crippen molar-refractivity contribution in [3.63, 3.8) is 0 Å². The molecule has 0 amide bonds. The molecule has 0 saturated carbocycles. The molecule has 0 radical (unpaired) electrons. The lowest BCUT2D eigenvalue weighted by atomic mass is 10.1. The molecular weight excluding hydrogens is 496 g/mol. The van der Waals surface area contributed by atoms with Crippen LogP contribution in [-0.4, -0.2) is 52.9 Å². The standard InChI is InChI=1S/C27H34N2O9/c1-5-20(4)26(32)35-14-21-6-8-22(9-7-21)15-37-27(33)38-23(17-36-25(31)19(2)3)16-34-24(30)10-12-29-13-11-28-18-29/h6-9,11,13,18,20,23H,2,5,10,12,14-17H2,1,3-4H3. The number of aromatic nitrogens is 2. The Balaban J connectivity index is 1.82. The zero-order valence-corrected chi connectivity index (χ0v) is 21.9. The number of hydrogen-bond donors (Lipinski definition) is 0. The van der Waals surface area contributed by atoms with Crippen LogP contribution in [0.25, 0.3) is 0 Å². The fourth-order valence-electron chi connectivity index (χ4n) is 2.81. The van der Waals surface area contributed by atoms with E-state index < -0.39 is 24.2 Å². The van der Waals surface area contributed by atoms with Crippen molar-refractivity contribution in [3.05, 3.63) is 66.3 Å². The van der Waals surface area contributed by atoms with Gasteiger partial charge in [0, 0.05) is 24.5 Å². The van der Waals surface area contributed by atoms with Crippen molar-refractivity contribution >= 4 is 24.1 Å². The predicted octanol–water partition coefficient (Wildman–Crippen LogP) is 3.75. The van der Waals surface area contributed by atoms with Gasteiger partial charge in [0.05, 0.1) is 18.7 Å². The van der Waals surface area contributed by atoms with Crippen LogP contribution in [0.4, 0.5) is 4.79 Å². The SMILES string of the molecule is C=C(C)C(=O)OCC(COC(=O)CCn1ccnc1)OC(=O)OCc1ccc(COC(=O)C(C)CC)cc1. The minimum absolute atomic E-state index is 0.0753. The van der Waals surface area contributed by atoms with Crippen molar-refractivity contribution < 1.29 is 42.9 Å². The lowest BCUT2D eigenvalue weighted by Gasteiger charge is -2.18. The van der Waals surface area contributed by atoms with Crippen LogP contribution in [-0.2, 0) is 57.8 Å². The summed E-state index contributed by atoms with van der Waals surface area (Å²) in [6.45, 7) is 8.45. The molecule has 1 aromatic heterocycles. The average Bonchev–Trinajstić information content (AvgIpc) is 3.44. The molecule has 1 heterocycles. The van der Waals surface area contributed by atoms with Crippen molar-refractivity contribution in [1.29, 1.82) is 0 Å². The second-order valence-electron chi connectivity index (χ2n) is 8.62. The molecule has 2 aromatic rings.